The van der Waals surface area contributed by atoms with E-state index in [4.69, 9.17) is 0 Å². The summed E-state index contributed by atoms with van der Waals surface area (Å²) in [4.78, 5) is 0. The molecule has 2 heterocycles. The van der Waals surface area contributed by atoms with Crippen LogP contribution in [0.2, 0.25) is 6.32 Å². The minimum Gasteiger partial charge on any atom is -0.427 e. The van der Waals surface area contributed by atoms with Gasteiger partial charge in [-0.05, 0) is 60.6 Å². The van der Waals surface area contributed by atoms with Crippen molar-refractivity contribution in [3.63, 3.8) is 0 Å². The zero-order valence-electron chi connectivity index (χ0n) is 15.3. The van der Waals surface area contributed by atoms with Gasteiger partial charge in [-0.25, -0.2) is 4.39 Å². The maximum absolute atomic E-state index is 13.5. The third-order valence-electron chi connectivity index (χ3n) is 4.96. The molecule has 4 rings (SSSR count). The van der Waals surface area contributed by atoms with Gasteiger partial charge in [0.05, 0.1) is 17.2 Å². The number of hydrogen-bond donors (Lipinski definition) is 3. The molecule has 0 amide bonds. The Hall–Kier alpha value is -2.64. The van der Waals surface area contributed by atoms with Crippen molar-refractivity contribution in [2.75, 3.05) is 0 Å². The number of rotatable bonds is 5. The molecular weight excluding hydrogens is 344 g/mol. The number of fused-ring (bicyclic) bond motifs is 2. The SMILES string of the molecule is CC(C)c1c(CCB(O)O)c2cc3[nH]ncc3cc2n1-c1ccc(F)cc1. The largest absolute Gasteiger partial charge is 0.451 e. The number of benzene rings is 2. The highest BCUT2D eigenvalue weighted by Gasteiger charge is 2.22. The van der Waals surface area contributed by atoms with Crippen LogP contribution in [0.25, 0.3) is 27.5 Å². The van der Waals surface area contributed by atoms with E-state index < -0.39 is 7.12 Å². The van der Waals surface area contributed by atoms with Crippen LogP contribution in [0.15, 0.2) is 42.6 Å². The number of aromatic nitrogens is 3. The van der Waals surface area contributed by atoms with Crippen molar-refractivity contribution in [2.45, 2.75) is 32.5 Å². The molecule has 0 saturated heterocycles. The molecule has 7 heteroatoms. The smallest absolute Gasteiger partial charge is 0.427 e. The monoisotopic (exact) mass is 365 g/mol. The van der Waals surface area contributed by atoms with Crippen molar-refractivity contribution in [1.82, 2.24) is 14.8 Å². The molecule has 5 nitrogen and oxygen atoms in total. The minimum absolute atomic E-state index is 0.199. The summed E-state index contributed by atoms with van der Waals surface area (Å²) < 4.78 is 15.6. The lowest BCUT2D eigenvalue weighted by atomic mass is 9.81. The van der Waals surface area contributed by atoms with Crippen molar-refractivity contribution >= 4 is 28.9 Å². The fourth-order valence-electron chi connectivity index (χ4n) is 3.82. The molecule has 138 valence electrons. The lowest BCUT2D eigenvalue weighted by Gasteiger charge is -2.15. The van der Waals surface area contributed by atoms with Crippen LogP contribution in [-0.4, -0.2) is 31.9 Å². The summed E-state index contributed by atoms with van der Waals surface area (Å²) in [6.45, 7) is 4.22. The highest BCUT2D eigenvalue weighted by Crippen LogP contribution is 2.37. The van der Waals surface area contributed by atoms with E-state index >= 15 is 0 Å². The van der Waals surface area contributed by atoms with Gasteiger partial charge in [-0.15, -0.1) is 0 Å². The summed E-state index contributed by atoms with van der Waals surface area (Å²) in [5, 5.41) is 28.0. The molecule has 2 aromatic heterocycles. The van der Waals surface area contributed by atoms with Crippen molar-refractivity contribution in [2.24, 2.45) is 0 Å². The highest BCUT2D eigenvalue weighted by atomic mass is 19.1. The molecule has 0 aliphatic rings. The molecular formula is C20H21BFN3O2. The second kappa shape index (κ2) is 6.83. The van der Waals surface area contributed by atoms with E-state index in [1.807, 2.05) is 0 Å². The Bertz CT molecular complexity index is 1100. The van der Waals surface area contributed by atoms with Gasteiger partial charge in [0.25, 0.3) is 0 Å². The van der Waals surface area contributed by atoms with Crippen molar-refractivity contribution < 1.29 is 14.4 Å². The van der Waals surface area contributed by atoms with Gasteiger partial charge in [0.2, 0.25) is 0 Å². The summed E-state index contributed by atoms with van der Waals surface area (Å²) >= 11 is 0. The molecule has 0 radical (unpaired) electrons. The summed E-state index contributed by atoms with van der Waals surface area (Å²) in [7, 11) is -1.36. The predicted molar refractivity (Wildman–Crippen MR) is 106 cm³/mol. The van der Waals surface area contributed by atoms with Crippen LogP contribution >= 0.6 is 0 Å². The summed E-state index contributed by atoms with van der Waals surface area (Å²) in [5.74, 6) is -0.0769. The Morgan fingerprint density at radius 2 is 1.93 bits per heavy atom. The average Bonchev–Trinajstić information content (AvgIpc) is 3.20. The van der Waals surface area contributed by atoms with Crippen LogP contribution < -0.4 is 0 Å². The van der Waals surface area contributed by atoms with Crippen LogP contribution in [0.4, 0.5) is 4.39 Å². The van der Waals surface area contributed by atoms with Gasteiger partial charge in [-0.1, -0.05) is 13.8 Å². The molecule has 0 unspecified atom stereocenters. The first-order chi connectivity index (χ1) is 13.0. The summed E-state index contributed by atoms with van der Waals surface area (Å²) in [5.41, 5.74) is 4.98. The molecule has 0 aliphatic heterocycles. The van der Waals surface area contributed by atoms with E-state index in [2.05, 4.69) is 40.7 Å². The predicted octanol–water partition coefficient (Wildman–Crippen LogP) is 3.78. The second-order valence-corrected chi connectivity index (χ2v) is 7.18. The van der Waals surface area contributed by atoms with Gasteiger partial charge in [-0.2, -0.15) is 5.10 Å². The summed E-state index contributed by atoms with van der Waals surface area (Å²) in [6, 6.07) is 10.6. The molecule has 2 aromatic carbocycles. The summed E-state index contributed by atoms with van der Waals surface area (Å²) in [6.07, 6.45) is 2.57. The maximum atomic E-state index is 13.5. The van der Waals surface area contributed by atoms with Crippen LogP contribution in [-0.2, 0) is 6.42 Å². The van der Waals surface area contributed by atoms with Gasteiger partial charge in [0, 0.05) is 22.2 Å². The quantitative estimate of drug-likeness (QED) is 0.471. The molecule has 4 aromatic rings. The molecule has 0 bridgehead atoms. The first-order valence-electron chi connectivity index (χ1n) is 9.08. The van der Waals surface area contributed by atoms with E-state index in [1.54, 1.807) is 18.3 Å². The maximum Gasteiger partial charge on any atom is 0.451 e. The fourth-order valence-corrected chi connectivity index (χ4v) is 3.82. The van der Waals surface area contributed by atoms with Crippen molar-refractivity contribution in [3.8, 4) is 5.69 Å². The van der Waals surface area contributed by atoms with Gasteiger partial charge >= 0.3 is 7.12 Å². The number of aryl methyl sites for hydroxylation is 1. The van der Waals surface area contributed by atoms with E-state index in [0.717, 1.165) is 38.8 Å². The Kier molecular flexibility index (Phi) is 4.49. The third-order valence-corrected chi connectivity index (χ3v) is 4.96. The fraction of sp³-hybridized carbons (Fsp3) is 0.250. The Morgan fingerprint density at radius 3 is 2.59 bits per heavy atom. The third kappa shape index (κ3) is 3.13. The number of nitrogens with zero attached hydrogens (tertiary/aromatic N) is 2. The first-order valence-corrected chi connectivity index (χ1v) is 9.08. The number of hydrogen-bond acceptors (Lipinski definition) is 3. The van der Waals surface area contributed by atoms with E-state index in [9.17, 15) is 14.4 Å². The molecule has 27 heavy (non-hydrogen) atoms. The first kappa shape index (κ1) is 17.8. The van der Waals surface area contributed by atoms with Crippen LogP contribution in [0.5, 0.6) is 0 Å². The molecule has 0 spiro atoms. The molecule has 3 N–H and O–H groups in total. The van der Waals surface area contributed by atoms with Gasteiger partial charge < -0.3 is 14.6 Å². The van der Waals surface area contributed by atoms with E-state index in [0.29, 0.717) is 6.42 Å². The van der Waals surface area contributed by atoms with Crippen LogP contribution in [0, 0.1) is 5.82 Å². The lowest BCUT2D eigenvalue weighted by Crippen LogP contribution is -2.12. The zero-order chi connectivity index (χ0) is 19.1. The normalized spacial score (nSPS) is 11.8. The zero-order valence-corrected chi connectivity index (χ0v) is 15.3. The van der Waals surface area contributed by atoms with Crippen molar-refractivity contribution in [3.05, 3.63) is 59.7 Å². The van der Waals surface area contributed by atoms with Gasteiger partial charge in [-0.3, -0.25) is 5.10 Å². The van der Waals surface area contributed by atoms with Crippen LogP contribution in [0.1, 0.15) is 31.0 Å². The van der Waals surface area contributed by atoms with Gasteiger partial charge in [0.1, 0.15) is 5.82 Å². The second-order valence-electron chi connectivity index (χ2n) is 7.18. The Balaban J connectivity index is 2.06. The number of halogens is 1. The Morgan fingerprint density at radius 1 is 1.19 bits per heavy atom. The molecule has 0 aliphatic carbocycles. The van der Waals surface area contributed by atoms with E-state index in [-0.39, 0.29) is 18.1 Å². The number of H-pyrrole nitrogens is 1. The van der Waals surface area contributed by atoms with Crippen LogP contribution in [0.3, 0.4) is 0 Å². The minimum atomic E-state index is -1.36. The van der Waals surface area contributed by atoms with E-state index in [1.165, 1.54) is 12.1 Å². The lowest BCUT2D eigenvalue weighted by molar-refractivity contribution is 0.405. The molecule has 0 fully saturated rings. The number of nitrogens with one attached hydrogen (secondary N) is 1. The number of aromatic amines is 1. The average molecular weight is 365 g/mol. The van der Waals surface area contributed by atoms with Crippen molar-refractivity contribution in [1.29, 1.82) is 0 Å². The molecule has 0 atom stereocenters. The molecule has 0 saturated carbocycles. The Labute approximate surface area is 156 Å². The van der Waals surface area contributed by atoms with Gasteiger partial charge in [0.15, 0.2) is 0 Å². The topological polar surface area (TPSA) is 74.1 Å². The standard InChI is InChI=1S/C20H21BFN3O2/c1-12(2)20-16(7-8-21(26)27)17-10-18-13(11-23-24-18)9-19(17)25(20)15-5-3-14(22)4-6-15/h3-6,9-12,26-27H,7-8H2,1-2H3,(H,23,24). The highest BCUT2D eigenvalue weighted by molar-refractivity contribution is 6.41.